The lowest BCUT2D eigenvalue weighted by molar-refractivity contribution is 0.0640. The second-order valence-electron chi connectivity index (χ2n) is 7.35. The number of nitrogens with one attached hydrogen (secondary N) is 1. The second-order valence-corrected chi connectivity index (χ2v) is 8.20. The minimum Gasteiger partial charge on any atom is -0.346 e. The first-order valence-electron chi connectivity index (χ1n) is 10.1. The maximum absolute atomic E-state index is 12.8. The molecule has 3 aromatic heterocycles. The molecular weight excluding hydrogens is 438 g/mol. The summed E-state index contributed by atoms with van der Waals surface area (Å²) in [6.07, 6.45) is 5.05. The van der Waals surface area contributed by atoms with Crippen LogP contribution in [-0.4, -0.2) is 37.6 Å². The molecule has 1 aliphatic heterocycles. The van der Waals surface area contributed by atoms with E-state index in [-0.39, 0.29) is 30.1 Å². The number of imide groups is 1. The SMILES string of the molecule is O=C(NCc1csc(-c2cccnc2)n1)c1ccc2c(c1)C(=O)N(Cc1ccccn1)C2=O. The molecule has 1 N–H and O–H groups in total. The lowest BCUT2D eigenvalue weighted by Crippen LogP contribution is -2.29. The van der Waals surface area contributed by atoms with Crippen LogP contribution in [0.3, 0.4) is 0 Å². The first-order valence-corrected chi connectivity index (χ1v) is 11.0. The lowest BCUT2D eigenvalue weighted by Gasteiger charge is -2.12. The van der Waals surface area contributed by atoms with Gasteiger partial charge in [0.15, 0.2) is 0 Å². The molecule has 0 bridgehead atoms. The Morgan fingerprint density at radius 3 is 2.64 bits per heavy atom. The first-order chi connectivity index (χ1) is 16.1. The third kappa shape index (κ3) is 4.13. The van der Waals surface area contributed by atoms with Gasteiger partial charge in [-0.1, -0.05) is 6.07 Å². The van der Waals surface area contributed by atoms with E-state index < -0.39 is 11.8 Å². The van der Waals surface area contributed by atoms with Gasteiger partial charge in [-0.2, -0.15) is 0 Å². The van der Waals surface area contributed by atoms with E-state index in [1.54, 1.807) is 42.9 Å². The Hall–Kier alpha value is -4.24. The molecule has 0 unspecified atom stereocenters. The summed E-state index contributed by atoms with van der Waals surface area (Å²) in [6.45, 7) is 0.323. The Labute approximate surface area is 193 Å². The number of amides is 3. The zero-order valence-electron chi connectivity index (χ0n) is 17.3. The fourth-order valence-corrected chi connectivity index (χ4v) is 4.32. The highest BCUT2D eigenvalue weighted by molar-refractivity contribution is 7.13. The molecule has 0 radical (unpaired) electrons. The van der Waals surface area contributed by atoms with Crippen LogP contribution in [0.1, 0.15) is 42.5 Å². The summed E-state index contributed by atoms with van der Waals surface area (Å²) in [7, 11) is 0. The van der Waals surface area contributed by atoms with Gasteiger partial charge in [-0.05, 0) is 42.5 Å². The highest BCUT2D eigenvalue weighted by Crippen LogP contribution is 2.26. The van der Waals surface area contributed by atoms with Gasteiger partial charge in [0, 0.05) is 35.1 Å². The first kappa shape index (κ1) is 20.7. The zero-order valence-corrected chi connectivity index (χ0v) is 18.1. The molecule has 4 aromatic rings. The summed E-state index contributed by atoms with van der Waals surface area (Å²) in [5.74, 6) is -1.17. The number of rotatable bonds is 6. The Balaban J connectivity index is 1.27. The Morgan fingerprint density at radius 1 is 0.970 bits per heavy atom. The molecule has 8 nitrogen and oxygen atoms in total. The molecule has 4 heterocycles. The predicted octanol–water partition coefficient (Wildman–Crippen LogP) is 3.33. The van der Waals surface area contributed by atoms with Gasteiger partial charge in [-0.25, -0.2) is 4.98 Å². The zero-order chi connectivity index (χ0) is 22.8. The van der Waals surface area contributed by atoms with E-state index in [1.165, 1.54) is 23.5 Å². The molecule has 0 saturated carbocycles. The molecule has 0 aliphatic carbocycles. The van der Waals surface area contributed by atoms with Crippen LogP contribution in [-0.2, 0) is 13.1 Å². The number of carbonyl (C=O) groups excluding carboxylic acids is 3. The topological polar surface area (TPSA) is 105 Å². The summed E-state index contributed by atoms with van der Waals surface area (Å²) < 4.78 is 0. The van der Waals surface area contributed by atoms with Crippen molar-refractivity contribution in [1.29, 1.82) is 0 Å². The van der Waals surface area contributed by atoms with Crippen LogP contribution in [0.15, 0.2) is 72.5 Å². The Bertz CT molecular complexity index is 1360. The van der Waals surface area contributed by atoms with Crippen molar-refractivity contribution in [3.8, 4) is 10.6 Å². The van der Waals surface area contributed by atoms with E-state index >= 15 is 0 Å². The number of thiazole rings is 1. The predicted molar refractivity (Wildman–Crippen MR) is 121 cm³/mol. The number of hydrogen-bond donors (Lipinski definition) is 1. The van der Waals surface area contributed by atoms with Gasteiger partial charge in [0.2, 0.25) is 0 Å². The van der Waals surface area contributed by atoms with E-state index in [0.29, 0.717) is 11.3 Å². The van der Waals surface area contributed by atoms with Crippen LogP contribution in [0.25, 0.3) is 10.6 Å². The van der Waals surface area contributed by atoms with Crippen LogP contribution in [0.4, 0.5) is 0 Å². The molecule has 1 aromatic carbocycles. The fraction of sp³-hybridized carbons (Fsp3) is 0.0833. The standard InChI is InChI=1S/C24H17N5O3S/c30-21(27-12-18-14-33-22(28-18)16-4-3-8-25-11-16)15-6-7-19-20(10-15)24(32)29(23(19)31)13-17-5-1-2-9-26-17/h1-11,14H,12-13H2,(H,27,30). The largest absolute Gasteiger partial charge is 0.346 e. The van der Waals surface area contributed by atoms with E-state index in [1.807, 2.05) is 17.5 Å². The van der Waals surface area contributed by atoms with E-state index in [0.717, 1.165) is 21.2 Å². The molecule has 162 valence electrons. The second kappa shape index (κ2) is 8.71. The number of nitrogens with zero attached hydrogens (tertiary/aromatic N) is 4. The van der Waals surface area contributed by atoms with Gasteiger partial charge in [-0.3, -0.25) is 29.3 Å². The molecule has 33 heavy (non-hydrogen) atoms. The highest BCUT2D eigenvalue weighted by Gasteiger charge is 2.36. The van der Waals surface area contributed by atoms with Crippen molar-refractivity contribution < 1.29 is 14.4 Å². The Morgan fingerprint density at radius 2 is 1.85 bits per heavy atom. The van der Waals surface area contributed by atoms with Crippen LogP contribution in [0.2, 0.25) is 0 Å². The van der Waals surface area contributed by atoms with E-state index in [9.17, 15) is 14.4 Å². The number of carbonyl (C=O) groups is 3. The van der Waals surface area contributed by atoms with Crippen molar-refractivity contribution in [2.75, 3.05) is 0 Å². The molecular formula is C24H17N5O3S. The maximum atomic E-state index is 12.8. The smallest absolute Gasteiger partial charge is 0.261 e. The van der Waals surface area contributed by atoms with Crippen LogP contribution in [0, 0.1) is 0 Å². The van der Waals surface area contributed by atoms with Crippen molar-refractivity contribution in [2.45, 2.75) is 13.1 Å². The number of benzene rings is 1. The van der Waals surface area contributed by atoms with Crippen LogP contribution < -0.4 is 5.32 Å². The molecule has 1 aliphatic rings. The minimum absolute atomic E-state index is 0.0812. The molecule has 5 rings (SSSR count). The summed E-state index contributed by atoms with van der Waals surface area (Å²) in [5.41, 5.74) is 3.05. The summed E-state index contributed by atoms with van der Waals surface area (Å²) in [4.78, 5) is 52.2. The third-order valence-electron chi connectivity index (χ3n) is 5.17. The van der Waals surface area contributed by atoms with E-state index in [2.05, 4.69) is 20.3 Å². The van der Waals surface area contributed by atoms with Crippen molar-refractivity contribution in [3.05, 3.63) is 101 Å². The molecule has 0 spiro atoms. The number of aromatic nitrogens is 3. The van der Waals surface area contributed by atoms with Gasteiger partial charge in [0.05, 0.1) is 35.6 Å². The van der Waals surface area contributed by atoms with Crippen LogP contribution >= 0.6 is 11.3 Å². The van der Waals surface area contributed by atoms with Gasteiger partial charge in [-0.15, -0.1) is 11.3 Å². The molecule has 0 saturated heterocycles. The lowest BCUT2D eigenvalue weighted by atomic mass is 10.1. The number of pyridine rings is 2. The minimum atomic E-state index is -0.434. The summed E-state index contributed by atoms with van der Waals surface area (Å²) in [6, 6.07) is 13.6. The van der Waals surface area contributed by atoms with Crippen molar-refractivity contribution in [3.63, 3.8) is 0 Å². The van der Waals surface area contributed by atoms with Gasteiger partial charge >= 0.3 is 0 Å². The monoisotopic (exact) mass is 455 g/mol. The Kier molecular flexibility index (Phi) is 5.45. The summed E-state index contributed by atoms with van der Waals surface area (Å²) >= 11 is 1.47. The normalized spacial score (nSPS) is 12.7. The highest BCUT2D eigenvalue weighted by atomic mass is 32.1. The summed E-state index contributed by atoms with van der Waals surface area (Å²) in [5, 5.41) is 5.52. The maximum Gasteiger partial charge on any atom is 0.261 e. The molecule has 3 amide bonds. The van der Waals surface area contributed by atoms with Crippen molar-refractivity contribution >= 4 is 29.1 Å². The van der Waals surface area contributed by atoms with Gasteiger partial charge in [0.25, 0.3) is 17.7 Å². The van der Waals surface area contributed by atoms with Gasteiger partial charge in [0.1, 0.15) is 5.01 Å². The van der Waals surface area contributed by atoms with Gasteiger partial charge < -0.3 is 5.32 Å². The van der Waals surface area contributed by atoms with E-state index in [4.69, 9.17) is 0 Å². The van der Waals surface area contributed by atoms with Crippen LogP contribution in [0.5, 0.6) is 0 Å². The fourth-order valence-electron chi connectivity index (χ4n) is 3.51. The third-order valence-corrected chi connectivity index (χ3v) is 6.11. The quantitative estimate of drug-likeness (QED) is 0.447. The number of fused-ring (bicyclic) bond motifs is 1. The average molecular weight is 455 g/mol. The molecule has 0 atom stereocenters. The average Bonchev–Trinajstić information content (AvgIpc) is 3.43. The number of hydrogen-bond acceptors (Lipinski definition) is 7. The van der Waals surface area contributed by atoms with Crippen molar-refractivity contribution in [1.82, 2.24) is 25.2 Å². The molecule has 9 heteroatoms. The van der Waals surface area contributed by atoms with Crippen molar-refractivity contribution in [2.24, 2.45) is 0 Å². The molecule has 0 fully saturated rings.